The first-order valence-electron chi connectivity index (χ1n) is 11.8. The van der Waals surface area contributed by atoms with Crippen molar-refractivity contribution in [3.8, 4) is 11.5 Å². The predicted molar refractivity (Wildman–Crippen MR) is 120 cm³/mol. The van der Waals surface area contributed by atoms with Gasteiger partial charge in [-0.1, -0.05) is 12.1 Å². The van der Waals surface area contributed by atoms with Gasteiger partial charge in [-0.15, -0.1) is 11.3 Å². The molecule has 5 aliphatic rings. The Morgan fingerprint density at radius 2 is 2.12 bits per heavy atom. The SMILES string of the molecule is O=C(N[C@@H]1CC[C@@]2(O)[C@H]3Cc4ccc(O)c5c4[C@@]2(CCN3CC2CC2)[C@H]1O5)c1cccs1. The average Bonchev–Trinajstić information content (AvgIpc) is 3.27. The Bertz CT molecular complexity index is 1100. The summed E-state index contributed by atoms with van der Waals surface area (Å²) in [7, 11) is 0. The Morgan fingerprint density at radius 3 is 2.91 bits per heavy atom. The van der Waals surface area contributed by atoms with E-state index in [-0.39, 0.29) is 29.8 Å². The Morgan fingerprint density at radius 1 is 1.25 bits per heavy atom. The lowest BCUT2D eigenvalue weighted by Crippen LogP contribution is -2.78. The van der Waals surface area contributed by atoms with Gasteiger partial charge in [0.15, 0.2) is 11.5 Å². The van der Waals surface area contributed by atoms with E-state index in [9.17, 15) is 15.0 Å². The molecular formula is C25H28N2O4S. The molecule has 1 saturated heterocycles. The highest BCUT2D eigenvalue weighted by Gasteiger charge is 2.73. The van der Waals surface area contributed by atoms with Crippen molar-refractivity contribution in [3.63, 3.8) is 0 Å². The molecule has 2 saturated carbocycles. The van der Waals surface area contributed by atoms with Gasteiger partial charge in [0, 0.05) is 18.2 Å². The van der Waals surface area contributed by atoms with Crippen LogP contribution in [0.2, 0.25) is 0 Å². The highest BCUT2D eigenvalue weighted by Crippen LogP contribution is 2.65. The van der Waals surface area contributed by atoms with Crippen LogP contribution in [0.3, 0.4) is 0 Å². The van der Waals surface area contributed by atoms with E-state index in [0.717, 1.165) is 37.4 Å². The molecule has 0 unspecified atom stereocenters. The van der Waals surface area contributed by atoms with E-state index in [0.29, 0.717) is 23.5 Å². The first kappa shape index (κ1) is 19.4. The van der Waals surface area contributed by atoms with Crippen molar-refractivity contribution in [3.05, 3.63) is 45.6 Å². The normalized spacial score (nSPS) is 37.0. The fourth-order valence-corrected chi connectivity index (χ4v) is 7.90. The molecule has 1 aromatic heterocycles. The maximum Gasteiger partial charge on any atom is 0.261 e. The van der Waals surface area contributed by atoms with Gasteiger partial charge in [-0.25, -0.2) is 0 Å². The standard InChI is InChI=1S/C25H28N2O4S/c28-17-6-5-15-12-19-25(30)8-7-16(26-23(29)18-2-1-11-32-18)22-24(25,20(15)21(17)31-22)9-10-27(19)13-14-3-4-14/h1-2,5-6,11,14,16,19,22,28,30H,3-4,7-10,12-13H2,(H,26,29)/t16-,19-,22+,24+,25-/m1/s1. The Kier molecular flexibility index (Phi) is 3.93. The summed E-state index contributed by atoms with van der Waals surface area (Å²) in [6.07, 6.45) is 5.08. The van der Waals surface area contributed by atoms with Crippen molar-refractivity contribution >= 4 is 17.2 Å². The molecule has 2 aromatic rings. The minimum Gasteiger partial charge on any atom is -0.504 e. The summed E-state index contributed by atoms with van der Waals surface area (Å²) in [5, 5.41) is 28.2. The second-order valence-corrected chi connectivity index (χ2v) is 11.3. The maximum absolute atomic E-state index is 12.9. The van der Waals surface area contributed by atoms with Gasteiger partial charge in [0.05, 0.1) is 21.9 Å². The zero-order valence-electron chi connectivity index (χ0n) is 17.9. The number of rotatable bonds is 4. The Labute approximate surface area is 191 Å². The first-order chi connectivity index (χ1) is 15.5. The third-order valence-corrected chi connectivity index (χ3v) is 9.69. The van der Waals surface area contributed by atoms with Crippen LogP contribution in [0.15, 0.2) is 29.6 Å². The molecule has 5 atom stereocenters. The van der Waals surface area contributed by atoms with E-state index in [4.69, 9.17) is 4.74 Å². The van der Waals surface area contributed by atoms with Crippen LogP contribution in [0.4, 0.5) is 0 Å². The summed E-state index contributed by atoms with van der Waals surface area (Å²) in [6, 6.07) is 7.30. The number of nitrogens with one attached hydrogen (secondary N) is 1. The van der Waals surface area contributed by atoms with Gasteiger partial charge in [-0.2, -0.15) is 0 Å². The molecule has 3 fully saturated rings. The minimum atomic E-state index is -0.916. The van der Waals surface area contributed by atoms with Gasteiger partial charge in [0.2, 0.25) is 0 Å². The molecule has 3 N–H and O–H groups in total. The number of piperidine rings is 1. The van der Waals surface area contributed by atoms with Crippen LogP contribution in [0.1, 0.15) is 52.9 Å². The molecule has 168 valence electrons. The van der Waals surface area contributed by atoms with E-state index in [1.54, 1.807) is 6.07 Å². The van der Waals surface area contributed by atoms with Gasteiger partial charge in [-0.05, 0) is 74.1 Å². The number of likely N-dealkylation sites (tertiary alicyclic amines) is 1. The van der Waals surface area contributed by atoms with E-state index < -0.39 is 11.0 Å². The summed E-state index contributed by atoms with van der Waals surface area (Å²) < 4.78 is 6.49. The molecule has 7 rings (SSSR count). The number of aromatic hydroxyl groups is 1. The summed E-state index contributed by atoms with van der Waals surface area (Å²) in [6.45, 7) is 1.98. The quantitative estimate of drug-likeness (QED) is 0.665. The van der Waals surface area contributed by atoms with Crippen molar-refractivity contribution in [2.45, 2.75) is 67.7 Å². The van der Waals surface area contributed by atoms with Gasteiger partial charge in [0.1, 0.15) is 6.10 Å². The smallest absolute Gasteiger partial charge is 0.261 e. The maximum atomic E-state index is 12.9. The number of phenols is 1. The Balaban J connectivity index is 1.32. The summed E-state index contributed by atoms with van der Waals surface area (Å²) in [5.41, 5.74) is 0.676. The number of ether oxygens (including phenoxy) is 1. The zero-order valence-corrected chi connectivity index (χ0v) is 18.7. The summed E-state index contributed by atoms with van der Waals surface area (Å²) in [5.74, 6) is 1.34. The number of phenolic OH excluding ortho intramolecular Hbond substituents is 1. The fourth-order valence-electron chi connectivity index (χ4n) is 7.28. The van der Waals surface area contributed by atoms with Gasteiger partial charge >= 0.3 is 0 Å². The number of carbonyl (C=O) groups excluding carboxylic acids is 1. The van der Waals surface area contributed by atoms with Gasteiger partial charge < -0.3 is 20.3 Å². The van der Waals surface area contributed by atoms with Crippen LogP contribution in [0, 0.1) is 5.92 Å². The molecule has 32 heavy (non-hydrogen) atoms. The second kappa shape index (κ2) is 6.49. The lowest BCUT2D eigenvalue weighted by Gasteiger charge is -2.64. The lowest BCUT2D eigenvalue weighted by molar-refractivity contribution is -0.191. The lowest BCUT2D eigenvalue weighted by atomic mass is 9.48. The third-order valence-electron chi connectivity index (χ3n) is 8.82. The van der Waals surface area contributed by atoms with Crippen LogP contribution >= 0.6 is 11.3 Å². The highest BCUT2D eigenvalue weighted by molar-refractivity contribution is 7.12. The molecule has 6 nitrogen and oxygen atoms in total. The van der Waals surface area contributed by atoms with Crippen molar-refractivity contribution in [2.24, 2.45) is 5.92 Å². The van der Waals surface area contributed by atoms with Crippen molar-refractivity contribution < 1.29 is 19.7 Å². The van der Waals surface area contributed by atoms with Crippen LogP contribution < -0.4 is 10.1 Å². The number of nitrogens with zero attached hydrogens (tertiary/aromatic N) is 1. The number of thiophene rings is 1. The predicted octanol–water partition coefficient (Wildman–Crippen LogP) is 2.82. The largest absolute Gasteiger partial charge is 0.504 e. The zero-order chi connectivity index (χ0) is 21.7. The molecular weight excluding hydrogens is 424 g/mol. The van der Waals surface area contributed by atoms with Crippen LogP contribution in [0.25, 0.3) is 0 Å². The van der Waals surface area contributed by atoms with E-state index >= 15 is 0 Å². The number of benzene rings is 1. The highest BCUT2D eigenvalue weighted by atomic mass is 32.1. The van der Waals surface area contributed by atoms with Crippen LogP contribution in [-0.2, 0) is 11.8 Å². The fraction of sp³-hybridized carbons (Fsp3) is 0.560. The number of hydrogen-bond donors (Lipinski definition) is 3. The number of hydrogen-bond acceptors (Lipinski definition) is 6. The number of amides is 1. The summed E-state index contributed by atoms with van der Waals surface area (Å²) >= 11 is 1.43. The third kappa shape index (κ3) is 2.39. The average molecular weight is 453 g/mol. The van der Waals surface area contributed by atoms with Crippen molar-refractivity contribution in [1.29, 1.82) is 0 Å². The second-order valence-electron chi connectivity index (χ2n) is 10.4. The molecule has 2 aliphatic heterocycles. The topological polar surface area (TPSA) is 82.0 Å². The van der Waals surface area contributed by atoms with E-state index in [1.165, 1.54) is 29.7 Å². The summed E-state index contributed by atoms with van der Waals surface area (Å²) in [4.78, 5) is 16.1. The number of carbonyl (C=O) groups is 1. The minimum absolute atomic E-state index is 0.0555. The number of aliphatic hydroxyl groups is 1. The van der Waals surface area contributed by atoms with E-state index in [2.05, 4.69) is 10.2 Å². The Hall–Kier alpha value is -2.09. The van der Waals surface area contributed by atoms with Gasteiger partial charge in [0.25, 0.3) is 5.91 Å². The first-order valence-corrected chi connectivity index (χ1v) is 12.7. The van der Waals surface area contributed by atoms with Crippen LogP contribution in [-0.4, -0.2) is 57.9 Å². The van der Waals surface area contributed by atoms with Crippen LogP contribution in [0.5, 0.6) is 11.5 Å². The molecule has 0 radical (unpaired) electrons. The molecule has 1 aromatic carbocycles. The van der Waals surface area contributed by atoms with Crippen molar-refractivity contribution in [2.75, 3.05) is 13.1 Å². The molecule has 1 amide bonds. The molecule has 3 heterocycles. The van der Waals surface area contributed by atoms with E-state index in [1.807, 2.05) is 23.6 Å². The molecule has 3 aliphatic carbocycles. The molecule has 1 spiro atoms. The van der Waals surface area contributed by atoms with Crippen molar-refractivity contribution in [1.82, 2.24) is 10.2 Å². The van der Waals surface area contributed by atoms with Gasteiger partial charge in [-0.3, -0.25) is 9.69 Å². The monoisotopic (exact) mass is 452 g/mol. The molecule has 7 heteroatoms. The molecule has 2 bridgehead atoms.